The summed E-state index contributed by atoms with van der Waals surface area (Å²) in [5.41, 5.74) is 5.76. The van der Waals surface area contributed by atoms with Gasteiger partial charge in [-0.15, -0.1) is 0 Å². The van der Waals surface area contributed by atoms with Gasteiger partial charge in [0.1, 0.15) is 28.7 Å². The number of anilines is 2. The number of hydrogen-bond acceptors (Lipinski definition) is 5. The highest BCUT2D eigenvalue weighted by Crippen LogP contribution is 2.56. The first kappa shape index (κ1) is 27.5. The summed E-state index contributed by atoms with van der Waals surface area (Å²) in [5, 5.41) is 0. The van der Waals surface area contributed by atoms with E-state index in [9.17, 15) is 26.3 Å². The van der Waals surface area contributed by atoms with Crippen molar-refractivity contribution in [2.75, 3.05) is 18.6 Å². The van der Waals surface area contributed by atoms with Gasteiger partial charge < -0.3 is 25.7 Å². The van der Waals surface area contributed by atoms with Gasteiger partial charge in [0.15, 0.2) is 0 Å². The van der Waals surface area contributed by atoms with Crippen LogP contribution in [0.15, 0.2) is 91.0 Å². The van der Waals surface area contributed by atoms with E-state index in [0.29, 0.717) is 22.9 Å². The lowest BCUT2D eigenvalue weighted by Gasteiger charge is -2.38. The van der Waals surface area contributed by atoms with Gasteiger partial charge in [-0.05, 0) is 71.8 Å². The molecule has 0 heterocycles. The summed E-state index contributed by atoms with van der Waals surface area (Å²) in [6.45, 7) is 0. The summed E-state index contributed by atoms with van der Waals surface area (Å²) < 4.78 is 103. The molecule has 0 atom stereocenters. The van der Waals surface area contributed by atoms with Crippen molar-refractivity contribution in [3.8, 4) is 28.7 Å². The highest BCUT2D eigenvalue weighted by Gasteiger charge is 2.72. The van der Waals surface area contributed by atoms with E-state index in [1.165, 1.54) is 37.4 Å². The average molecular weight is 548 g/mol. The normalized spacial score (nSPS) is 12.2. The second-order valence-electron chi connectivity index (χ2n) is 8.47. The van der Waals surface area contributed by atoms with E-state index >= 15 is 0 Å². The second-order valence-corrected chi connectivity index (χ2v) is 8.47. The van der Waals surface area contributed by atoms with E-state index in [4.69, 9.17) is 25.7 Å². The van der Waals surface area contributed by atoms with E-state index < -0.39 is 28.9 Å². The maximum absolute atomic E-state index is 14.5. The van der Waals surface area contributed by atoms with Crippen molar-refractivity contribution in [3.05, 3.63) is 102 Å². The molecule has 11 heteroatoms. The maximum atomic E-state index is 14.5. The summed E-state index contributed by atoms with van der Waals surface area (Å²) >= 11 is 0. The lowest BCUT2D eigenvalue weighted by Crippen LogP contribution is -2.54. The molecule has 4 rings (SSSR count). The monoisotopic (exact) mass is 548 g/mol. The average Bonchev–Trinajstić information content (AvgIpc) is 2.87. The minimum absolute atomic E-state index is 0.0102. The predicted octanol–water partition coefficient (Wildman–Crippen LogP) is 7.85. The fourth-order valence-electron chi connectivity index (χ4n) is 4.09. The van der Waals surface area contributed by atoms with E-state index in [2.05, 4.69) is 0 Å². The van der Waals surface area contributed by atoms with Gasteiger partial charge in [-0.2, -0.15) is 26.3 Å². The number of methoxy groups -OCH3 is 1. The topological polar surface area (TPSA) is 79.7 Å². The Balaban J connectivity index is 1.71. The Morgan fingerprint density at radius 1 is 0.538 bits per heavy atom. The zero-order valence-electron chi connectivity index (χ0n) is 20.3. The number of nitrogens with two attached hydrogens (primary N) is 2. The smallest absolute Gasteiger partial charge is 0.411 e. The molecule has 204 valence electrons. The van der Waals surface area contributed by atoms with Crippen molar-refractivity contribution in [2.45, 2.75) is 17.8 Å². The Kier molecular flexibility index (Phi) is 7.27. The molecule has 0 radical (unpaired) electrons. The van der Waals surface area contributed by atoms with E-state index in [0.717, 1.165) is 48.5 Å². The summed E-state index contributed by atoms with van der Waals surface area (Å²) in [4.78, 5) is 0. The number of benzene rings is 4. The van der Waals surface area contributed by atoms with Crippen LogP contribution in [0.2, 0.25) is 0 Å². The van der Waals surface area contributed by atoms with Crippen molar-refractivity contribution < 1.29 is 40.6 Å². The van der Waals surface area contributed by atoms with Gasteiger partial charge in [0.2, 0.25) is 5.41 Å². The number of alkyl halides is 6. The van der Waals surface area contributed by atoms with Crippen molar-refractivity contribution in [2.24, 2.45) is 0 Å². The van der Waals surface area contributed by atoms with Crippen LogP contribution in [0.4, 0.5) is 37.7 Å². The number of hydrogen-bond donors (Lipinski definition) is 2. The summed E-state index contributed by atoms with van der Waals surface area (Å²) in [7, 11) is 1.38. The van der Waals surface area contributed by atoms with Gasteiger partial charge in [0.05, 0.1) is 12.8 Å². The molecule has 4 N–H and O–H groups in total. The second kappa shape index (κ2) is 10.3. The number of halogens is 6. The van der Waals surface area contributed by atoms with Gasteiger partial charge in [0, 0.05) is 11.8 Å². The minimum Gasteiger partial charge on any atom is -0.494 e. The lowest BCUT2D eigenvalue weighted by molar-refractivity contribution is -0.288. The van der Waals surface area contributed by atoms with E-state index in [1.807, 2.05) is 0 Å². The number of ether oxygens (including phenoxy) is 3. The molecule has 0 spiro atoms. The van der Waals surface area contributed by atoms with Crippen LogP contribution in [-0.4, -0.2) is 19.5 Å². The first-order chi connectivity index (χ1) is 18.3. The van der Waals surface area contributed by atoms with Crippen LogP contribution in [0.5, 0.6) is 28.7 Å². The molecule has 5 nitrogen and oxygen atoms in total. The lowest BCUT2D eigenvalue weighted by atomic mass is 9.73. The Hall–Kier alpha value is -4.54. The van der Waals surface area contributed by atoms with Crippen LogP contribution >= 0.6 is 0 Å². The van der Waals surface area contributed by atoms with Gasteiger partial charge in [0.25, 0.3) is 0 Å². The highest BCUT2D eigenvalue weighted by atomic mass is 19.4. The molecule has 0 aliphatic heterocycles. The van der Waals surface area contributed by atoms with Crippen molar-refractivity contribution in [1.82, 2.24) is 0 Å². The third-order valence-electron chi connectivity index (χ3n) is 5.98. The number of rotatable bonds is 7. The largest absolute Gasteiger partial charge is 0.494 e. The fourth-order valence-corrected chi connectivity index (χ4v) is 4.09. The van der Waals surface area contributed by atoms with Gasteiger partial charge in [-0.25, -0.2) is 0 Å². The molecular weight excluding hydrogens is 526 g/mol. The standard InChI is InChI=1S/C28H22F6N2O3/c1-37-25-16-23(14-15-24(25)36)39-21-10-4-18(5-11-21)26(27(29,30)31,28(32,33)34)17-2-8-20(9-3-17)38-22-12-6-19(35)7-13-22/h2-16H,35-36H2,1H3. The molecular formula is C28H22F6N2O3. The zero-order chi connectivity index (χ0) is 28.4. The van der Waals surface area contributed by atoms with Crippen molar-refractivity contribution in [1.29, 1.82) is 0 Å². The van der Waals surface area contributed by atoms with Gasteiger partial charge >= 0.3 is 12.4 Å². The Morgan fingerprint density at radius 2 is 0.923 bits per heavy atom. The molecule has 0 bridgehead atoms. The first-order valence-corrected chi connectivity index (χ1v) is 11.3. The molecule has 4 aromatic carbocycles. The van der Waals surface area contributed by atoms with Crippen LogP contribution in [0.1, 0.15) is 11.1 Å². The summed E-state index contributed by atoms with van der Waals surface area (Å²) in [6, 6.07) is 17.7. The summed E-state index contributed by atoms with van der Waals surface area (Å²) in [6.07, 6.45) is -11.5. The van der Waals surface area contributed by atoms with Crippen LogP contribution < -0.4 is 25.7 Å². The molecule has 0 aliphatic rings. The molecule has 39 heavy (non-hydrogen) atoms. The van der Waals surface area contributed by atoms with Crippen LogP contribution in [0.25, 0.3) is 0 Å². The molecule has 0 amide bonds. The zero-order valence-corrected chi connectivity index (χ0v) is 20.3. The van der Waals surface area contributed by atoms with Crippen molar-refractivity contribution >= 4 is 11.4 Å². The SMILES string of the molecule is COc1cc(Oc2ccc(C(c3ccc(Oc4ccc(N)cc4)cc3)(C(F)(F)F)C(F)(F)F)cc2)ccc1N. The Labute approximate surface area is 219 Å². The Morgan fingerprint density at radius 3 is 1.33 bits per heavy atom. The van der Waals surface area contributed by atoms with Gasteiger partial charge in [-0.3, -0.25) is 0 Å². The molecule has 0 aliphatic carbocycles. The predicted molar refractivity (Wildman–Crippen MR) is 134 cm³/mol. The fraction of sp³-hybridized carbons (Fsp3) is 0.143. The molecule has 0 saturated heterocycles. The number of nitrogen functional groups attached to an aromatic ring is 2. The molecule has 4 aromatic rings. The summed E-state index contributed by atoms with van der Waals surface area (Å²) in [5.74, 6) is 0.883. The minimum atomic E-state index is -5.74. The Bertz CT molecular complexity index is 1400. The first-order valence-electron chi connectivity index (χ1n) is 11.3. The van der Waals surface area contributed by atoms with Gasteiger partial charge in [-0.1, -0.05) is 24.3 Å². The molecule has 0 aromatic heterocycles. The van der Waals surface area contributed by atoms with Crippen LogP contribution in [0.3, 0.4) is 0 Å². The van der Waals surface area contributed by atoms with Crippen LogP contribution in [-0.2, 0) is 5.41 Å². The van der Waals surface area contributed by atoms with E-state index in [1.54, 1.807) is 12.1 Å². The van der Waals surface area contributed by atoms with E-state index in [-0.39, 0.29) is 17.2 Å². The highest BCUT2D eigenvalue weighted by molar-refractivity contribution is 5.56. The maximum Gasteiger partial charge on any atom is 0.411 e. The van der Waals surface area contributed by atoms with Crippen LogP contribution in [0, 0.1) is 0 Å². The quantitative estimate of drug-likeness (QED) is 0.182. The molecule has 0 unspecified atom stereocenters. The molecule has 0 saturated carbocycles. The van der Waals surface area contributed by atoms with Crippen molar-refractivity contribution in [3.63, 3.8) is 0 Å². The molecule has 0 fully saturated rings. The third-order valence-corrected chi connectivity index (χ3v) is 5.98. The third kappa shape index (κ3) is 5.38.